The van der Waals surface area contributed by atoms with E-state index in [0.29, 0.717) is 11.5 Å². The Kier molecular flexibility index (Phi) is 5.09. The van der Waals surface area contributed by atoms with Gasteiger partial charge in [-0.05, 0) is 30.7 Å². The molecule has 4 rings (SSSR count). The van der Waals surface area contributed by atoms with Crippen LogP contribution in [0.4, 0.5) is 17.5 Å². The highest BCUT2D eigenvalue weighted by atomic mass is 16.1. The number of pyridine rings is 2. The van der Waals surface area contributed by atoms with E-state index in [0.717, 1.165) is 43.4 Å². The van der Waals surface area contributed by atoms with Gasteiger partial charge in [0.05, 0.1) is 12.4 Å². The molecule has 3 aromatic heterocycles. The van der Waals surface area contributed by atoms with Crippen LogP contribution in [0.5, 0.6) is 0 Å². The molecule has 4 heterocycles. The molecule has 1 aliphatic rings. The maximum absolute atomic E-state index is 12.2. The standard InChI is InChI=1S/C20H21N7O/c1-15-5-6-16(22-12-15)20(28)25-17-13-24-19(14-23-17)27-10-8-26(9-11-27)18-4-2-3-7-21-18/h2-7,12-14H,8-11H2,1H3,(H,23,25,28). The van der Waals surface area contributed by atoms with E-state index in [-0.39, 0.29) is 5.91 Å². The lowest BCUT2D eigenvalue weighted by molar-refractivity contribution is 0.102. The maximum Gasteiger partial charge on any atom is 0.275 e. The lowest BCUT2D eigenvalue weighted by atomic mass is 10.2. The Hall–Kier alpha value is -3.55. The molecule has 1 aliphatic heterocycles. The van der Waals surface area contributed by atoms with E-state index >= 15 is 0 Å². The van der Waals surface area contributed by atoms with Crippen LogP contribution in [-0.2, 0) is 0 Å². The number of carbonyl (C=O) groups excluding carboxylic acids is 1. The van der Waals surface area contributed by atoms with Gasteiger partial charge in [0.15, 0.2) is 5.82 Å². The first-order valence-corrected chi connectivity index (χ1v) is 9.16. The molecule has 0 spiro atoms. The third-order valence-corrected chi connectivity index (χ3v) is 4.60. The number of rotatable bonds is 4. The maximum atomic E-state index is 12.2. The van der Waals surface area contributed by atoms with Crippen LogP contribution >= 0.6 is 0 Å². The van der Waals surface area contributed by atoms with Crippen molar-refractivity contribution in [1.82, 2.24) is 19.9 Å². The van der Waals surface area contributed by atoms with E-state index in [9.17, 15) is 4.79 Å². The van der Waals surface area contributed by atoms with Crippen LogP contribution in [0.3, 0.4) is 0 Å². The van der Waals surface area contributed by atoms with Gasteiger partial charge in [-0.3, -0.25) is 9.78 Å². The minimum atomic E-state index is -0.300. The number of hydrogen-bond donors (Lipinski definition) is 1. The van der Waals surface area contributed by atoms with E-state index < -0.39 is 0 Å². The number of anilines is 3. The molecular formula is C20H21N7O. The molecule has 0 aromatic carbocycles. The number of hydrogen-bond acceptors (Lipinski definition) is 7. The summed E-state index contributed by atoms with van der Waals surface area (Å²) in [6.07, 6.45) is 6.74. The number of piperazine rings is 1. The normalized spacial score (nSPS) is 14.0. The number of nitrogens with one attached hydrogen (secondary N) is 1. The summed E-state index contributed by atoms with van der Waals surface area (Å²) in [6.45, 7) is 5.34. The second-order valence-electron chi connectivity index (χ2n) is 6.60. The van der Waals surface area contributed by atoms with Gasteiger partial charge >= 0.3 is 0 Å². The SMILES string of the molecule is Cc1ccc(C(=O)Nc2cnc(N3CCN(c4ccccn4)CC3)cn2)nc1. The Balaban J connectivity index is 1.35. The van der Waals surface area contributed by atoms with Gasteiger partial charge in [-0.2, -0.15) is 0 Å². The van der Waals surface area contributed by atoms with Gasteiger partial charge in [0, 0.05) is 38.6 Å². The largest absolute Gasteiger partial charge is 0.353 e. The molecule has 0 bridgehead atoms. The third kappa shape index (κ3) is 4.06. The van der Waals surface area contributed by atoms with E-state index in [1.165, 1.54) is 0 Å². The summed E-state index contributed by atoms with van der Waals surface area (Å²) in [5, 5.41) is 2.73. The molecule has 0 aliphatic carbocycles. The molecule has 0 radical (unpaired) electrons. The first-order valence-electron chi connectivity index (χ1n) is 9.16. The van der Waals surface area contributed by atoms with E-state index in [2.05, 4.69) is 35.1 Å². The summed E-state index contributed by atoms with van der Waals surface area (Å²) in [6, 6.07) is 9.48. The van der Waals surface area contributed by atoms with Gasteiger partial charge in [-0.1, -0.05) is 12.1 Å². The van der Waals surface area contributed by atoms with Crippen LogP contribution in [0.15, 0.2) is 55.1 Å². The summed E-state index contributed by atoms with van der Waals surface area (Å²) in [4.78, 5) is 34.0. The van der Waals surface area contributed by atoms with Crippen LogP contribution < -0.4 is 15.1 Å². The molecule has 1 N–H and O–H groups in total. The number of aryl methyl sites for hydroxylation is 1. The molecule has 142 valence electrons. The highest BCUT2D eigenvalue weighted by molar-refractivity contribution is 6.02. The van der Waals surface area contributed by atoms with Crippen molar-refractivity contribution in [3.63, 3.8) is 0 Å². The zero-order chi connectivity index (χ0) is 19.3. The van der Waals surface area contributed by atoms with Crippen molar-refractivity contribution in [3.8, 4) is 0 Å². The molecule has 28 heavy (non-hydrogen) atoms. The van der Waals surface area contributed by atoms with Crippen molar-refractivity contribution < 1.29 is 4.79 Å². The minimum absolute atomic E-state index is 0.300. The summed E-state index contributed by atoms with van der Waals surface area (Å²) >= 11 is 0. The molecule has 1 amide bonds. The second-order valence-corrected chi connectivity index (χ2v) is 6.60. The van der Waals surface area contributed by atoms with Gasteiger partial charge < -0.3 is 15.1 Å². The molecule has 8 nitrogen and oxygen atoms in total. The summed E-state index contributed by atoms with van der Waals surface area (Å²) in [5.74, 6) is 1.90. The fraction of sp³-hybridized carbons (Fsp3) is 0.250. The summed E-state index contributed by atoms with van der Waals surface area (Å²) in [7, 11) is 0. The fourth-order valence-corrected chi connectivity index (χ4v) is 3.04. The predicted molar refractivity (Wildman–Crippen MR) is 108 cm³/mol. The predicted octanol–water partition coefficient (Wildman–Crippen LogP) is 2.15. The Morgan fingerprint density at radius 2 is 1.64 bits per heavy atom. The van der Waals surface area contributed by atoms with Crippen LogP contribution in [-0.4, -0.2) is 52.0 Å². The highest BCUT2D eigenvalue weighted by Gasteiger charge is 2.19. The second kappa shape index (κ2) is 7.99. The quantitative estimate of drug-likeness (QED) is 0.748. The van der Waals surface area contributed by atoms with Crippen molar-refractivity contribution >= 4 is 23.4 Å². The van der Waals surface area contributed by atoms with Crippen molar-refractivity contribution in [2.75, 3.05) is 41.3 Å². The monoisotopic (exact) mass is 375 g/mol. The van der Waals surface area contributed by atoms with Gasteiger partial charge in [-0.25, -0.2) is 15.0 Å². The molecule has 0 unspecified atom stereocenters. The summed E-state index contributed by atoms with van der Waals surface area (Å²) in [5.41, 5.74) is 1.35. The lowest BCUT2D eigenvalue weighted by Crippen LogP contribution is -2.47. The molecule has 8 heteroatoms. The van der Waals surface area contributed by atoms with Crippen LogP contribution in [0.25, 0.3) is 0 Å². The first-order chi connectivity index (χ1) is 13.7. The van der Waals surface area contributed by atoms with Gasteiger partial charge in [0.1, 0.15) is 17.3 Å². The number of amides is 1. The Morgan fingerprint density at radius 1 is 0.857 bits per heavy atom. The van der Waals surface area contributed by atoms with Gasteiger partial charge in [0.25, 0.3) is 5.91 Å². The lowest BCUT2D eigenvalue weighted by Gasteiger charge is -2.35. The average molecular weight is 375 g/mol. The van der Waals surface area contributed by atoms with Crippen LogP contribution in [0.1, 0.15) is 16.1 Å². The van der Waals surface area contributed by atoms with Crippen molar-refractivity contribution in [2.45, 2.75) is 6.92 Å². The smallest absolute Gasteiger partial charge is 0.275 e. The first kappa shape index (κ1) is 17.8. The Morgan fingerprint density at radius 3 is 2.25 bits per heavy atom. The molecule has 0 atom stereocenters. The van der Waals surface area contributed by atoms with Crippen molar-refractivity contribution in [3.05, 3.63) is 66.4 Å². The molecule has 1 fully saturated rings. The molecule has 0 saturated carbocycles. The molecule has 1 saturated heterocycles. The van der Waals surface area contributed by atoms with E-state index in [1.54, 1.807) is 24.7 Å². The van der Waals surface area contributed by atoms with Crippen molar-refractivity contribution in [2.24, 2.45) is 0 Å². The number of aromatic nitrogens is 4. The Bertz CT molecular complexity index is 921. The average Bonchev–Trinajstić information content (AvgIpc) is 2.75. The summed E-state index contributed by atoms with van der Waals surface area (Å²) < 4.78 is 0. The van der Waals surface area contributed by atoms with E-state index in [4.69, 9.17) is 0 Å². The number of carbonyl (C=O) groups is 1. The third-order valence-electron chi connectivity index (χ3n) is 4.60. The van der Waals surface area contributed by atoms with Gasteiger partial charge in [0.2, 0.25) is 0 Å². The number of nitrogens with zero attached hydrogens (tertiary/aromatic N) is 6. The van der Waals surface area contributed by atoms with Crippen LogP contribution in [0, 0.1) is 6.92 Å². The zero-order valence-corrected chi connectivity index (χ0v) is 15.6. The minimum Gasteiger partial charge on any atom is -0.353 e. The Labute approximate surface area is 163 Å². The van der Waals surface area contributed by atoms with Crippen LogP contribution in [0.2, 0.25) is 0 Å². The topological polar surface area (TPSA) is 87.1 Å². The van der Waals surface area contributed by atoms with Gasteiger partial charge in [-0.15, -0.1) is 0 Å². The highest BCUT2D eigenvalue weighted by Crippen LogP contribution is 2.17. The molecular weight excluding hydrogens is 354 g/mol. The fourth-order valence-electron chi connectivity index (χ4n) is 3.04. The van der Waals surface area contributed by atoms with Crippen molar-refractivity contribution in [1.29, 1.82) is 0 Å². The van der Waals surface area contributed by atoms with E-state index in [1.807, 2.05) is 37.4 Å². The molecule has 3 aromatic rings. The zero-order valence-electron chi connectivity index (χ0n) is 15.6.